The fraction of sp³-hybridized carbons (Fsp3) is 0.134. The lowest BCUT2D eigenvalue weighted by atomic mass is 9.73. The Morgan fingerprint density at radius 1 is 0.239 bits per heavy atom. The van der Waals surface area contributed by atoms with Gasteiger partial charge in [0.15, 0.2) is 163 Å². The molecule has 2 bridgehead atoms. The molecule has 0 saturated carbocycles. The van der Waals surface area contributed by atoms with Gasteiger partial charge in [-0.15, -0.1) is 0 Å². The number of carboxylic acid groups (broad SMARTS) is 1. The van der Waals surface area contributed by atoms with Crippen LogP contribution in [0.2, 0.25) is 0 Å². The van der Waals surface area contributed by atoms with Crippen LogP contribution in [-0.4, -0.2) is 286 Å². The molecule has 52 heteroatoms. The molecule has 5 heterocycles. The van der Waals surface area contributed by atoms with Crippen LogP contribution in [-0.2, 0) is 52.2 Å². The minimum absolute atomic E-state index is 0.0422. The van der Waals surface area contributed by atoms with E-state index in [-0.39, 0.29) is 48.5 Å². The molecule has 0 aromatic heterocycles. The highest BCUT2D eigenvalue weighted by Crippen LogP contribution is 2.64. The van der Waals surface area contributed by atoms with E-state index >= 15 is 33.6 Å². The molecule has 10 aromatic carbocycles. The molecule has 0 amide bonds. The molecule has 0 aliphatic carbocycles. The Balaban J connectivity index is 1.02. The minimum Gasteiger partial charge on any atom is -0.504 e. The van der Waals surface area contributed by atoms with Crippen LogP contribution in [0.25, 0.3) is 44.5 Å². The molecular formula is C82H54O52. The van der Waals surface area contributed by atoms with E-state index in [2.05, 4.69) is 0 Å². The van der Waals surface area contributed by atoms with Crippen LogP contribution in [0.3, 0.4) is 0 Å². The summed E-state index contributed by atoms with van der Waals surface area (Å²) in [5, 5.41) is 353. The van der Waals surface area contributed by atoms with Crippen molar-refractivity contribution in [1.82, 2.24) is 0 Å². The summed E-state index contributed by atoms with van der Waals surface area (Å²) >= 11 is 0. The lowest BCUT2D eigenvalue weighted by molar-refractivity contribution is -0.167. The number of hydrogen-bond donors (Lipinski definition) is 31. The van der Waals surface area contributed by atoms with Crippen molar-refractivity contribution in [2.75, 3.05) is 13.2 Å². The Morgan fingerprint density at radius 2 is 0.500 bits per heavy atom. The molecule has 0 fully saturated rings. The SMILES string of the molecule is O=C(O[C@@H]1COC(=O)c2cc(O)c(O)c(O)c2-c2c(cc(O)c(O)c2O)C(=O)O[C@H]1[C@@H]1OC(=O)c2cc(O)c(O)c(O)c2-c2c(O)c(O)c(O)c3c2C(=O)O[C@H]1[C@H]3c1c(C(=O)O[C@@H]2COC(=O)c3cc(O)c(O)c(O)c3-c3c(cc(O)c(O)c3O)C(=O)O[C@H]2[C@@H]2OC(=O)c3cc(O)c(O)c(O)c3-c3c(cc(O)c(O)c3O)C(=O)O[C@H]2C(=O)O)cc(O)c(O)c1O)c1cc(O)c(O)c(O)c1. The van der Waals surface area contributed by atoms with Crippen molar-refractivity contribution >= 4 is 65.7 Å². The average Bonchev–Trinajstić information content (AvgIpc) is 0.708. The smallest absolute Gasteiger partial charge is 0.349 e. The third kappa shape index (κ3) is 13.8. The van der Waals surface area contributed by atoms with Gasteiger partial charge in [0, 0.05) is 55.6 Å². The Labute approximate surface area is 733 Å². The number of cyclic esters (lactones) is 7. The quantitative estimate of drug-likeness (QED) is 0.0590. The molecule has 694 valence electrons. The Hall–Kier alpha value is -19.6. The number of phenolic OH excluding ortho intramolecular Hbond substituents is 30. The summed E-state index contributed by atoms with van der Waals surface area (Å²) in [4.78, 5) is 169. The van der Waals surface area contributed by atoms with Crippen LogP contribution in [0.4, 0.5) is 0 Å². The van der Waals surface area contributed by atoms with Gasteiger partial charge in [0.05, 0.1) is 61.6 Å². The number of aromatic hydroxyl groups is 30. The molecule has 52 nitrogen and oxygen atoms in total. The highest BCUT2D eigenvalue weighted by atomic mass is 16.7. The number of rotatable bonds is 8. The van der Waals surface area contributed by atoms with Crippen molar-refractivity contribution < 1.29 is 258 Å². The molecule has 31 N–H and O–H groups in total. The van der Waals surface area contributed by atoms with E-state index in [9.17, 15) is 177 Å². The number of carbonyl (C=O) groups excluding carboxylic acids is 10. The zero-order valence-electron chi connectivity index (χ0n) is 65.3. The van der Waals surface area contributed by atoms with E-state index in [0.29, 0.717) is 12.1 Å². The summed E-state index contributed by atoms with van der Waals surface area (Å²) in [5.41, 5.74) is -31.4. The van der Waals surface area contributed by atoms with Crippen LogP contribution < -0.4 is 0 Å². The topological polar surface area (TPSA) is 907 Å². The van der Waals surface area contributed by atoms with Gasteiger partial charge >= 0.3 is 65.7 Å². The van der Waals surface area contributed by atoms with Gasteiger partial charge in [-0.25, -0.2) is 52.7 Å². The molecule has 5 aliphatic rings. The molecule has 0 saturated heterocycles. The zero-order valence-corrected chi connectivity index (χ0v) is 65.3. The molecule has 5 aliphatic heterocycles. The van der Waals surface area contributed by atoms with Crippen molar-refractivity contribution in [3.8, 4) is 217 Å². The van der Waals surface area contributed by atoms with E-state index in [1.54, 1.807) is 0 Å². The standard InChI is InChI=1S/C82H54O52/c83-22-1-13(2-23(84)46(22)93)73(115)127-32-11-125-74(116)14-3-24(85)47(94)55(102)34(14)36-16(5-26(87)49(96)57(36)104)77(119)129-66(32)69-68-44(43-45(82(124)131-68)42(63(110)65(112)64(43)111)40-20(80(122)132-69)9-30(91)53(100)61(40)108)41-21(10-31(92)54(101)62(41)109)76(118)128-33-12-126-75(117)15-4-25(86)48(95)56(103)35(15)37-17(6-27(88)50(97)58(37)105)78(120)130-67(33)70-71(72(113)114)134-81(123)19-8-29(90)52(99)60(107)39(19)38-18(79(121)133-70)7-28(89)51(98)59(38)106/h1-10,32-33,44,66-71,83-112H,11-12H2,(H,113,114)/t32-,33-,44+,66-,67-,68+,69+,70+,71-/m1/s1. The summed E-state index contributed by atoms with van der Waals surface area (Å²) in [6.45, 7) is -4.18. The summed E-state index contributed by atoms with van der Waals surface area (Å²) in [6, 6.07) is 1.23. The van der Waals surface area contributed by atoms with Crippen molar-refractivity contribution in [3.63, 3.8) is 0 Å². The largest absolute Gasteiger partial charge is 0.504 e. The van der Waals surface area contributed by atoms with Crippen molar-refractivity contribution in [2.24, 2.45) is 0 Å². The fourth-order valence-corrected chi connectivity index (χ4v) is 15.5. The second-order valence-corrected chi connectivity index (χ2v) is 29.3. The van der Waals surface area contributed by atoms with Gasteiger partial charge < -0.3 is 206 Å². The molecular weight excluding hydrogens is 1820 g/mol. The normalized spacial score (nSPS) is 19.2. The number of aliphatic carboxylic acids is 1. The van der Waals surface area contributed by atoms with Crippen LogP contribution in [0.5, 0.6) is 172 Å². The first-order valence-corrected chi connectivity index (χ1v) is 37.0. The third-order valence-corrected chi connectivity index (χ3v) is 21.7. The van der Waals surface area contributed by atoms with Gasteiger partial charge in [0.2, 0.25) is 57.8 Å². The van der Waals surface area contributed by atoms with E-state index < -0.39 is 417 Å². The number of esters is 10. The predicted octanol–water partition coefficient (Wildman–Crippen LogP) is 3.12. The number of hydrogen-bond acceptors (Lipinski definition) is 51. The first kappa shape index (κ1) is 89.2. The van der Waals surface area contributed by atoms with Crippen LogP contribution >= 0.6 is 0 Å². The number of phenols is 30. The van der Waals surface area contributed by atoms with Gasteiger partial charge in [-0.1, -0.05) is 0 Å². The summed E-state index contributed by atoms with van der Waals surface area (Å²) in [6.07, 6.45) is -28.2. The molecule has 15 rings (SSSR count). The minimum atomic E-state index is -3.65. The van der Waals surface area contributed by atoms with Crippen LogP contribution in [0, 0.1) is 0 Å². The number of carbonyl (C=O) groups is 11. The fourth-order valence-electron chi connectivity index (χ4n) is 15.5. The average molecular weight is 1870 g/mol. The predicted molar refractivity (Wildman–Crippen MR) is 414 cm³/mol. The van der Waals surface area contributed by atoms with Crippen molar-refractivity contribution in [2.45, 2.75) is 54.7 Å². The lowest BCUT2D eigenvalue weighted by Crippen LogP contribution is -2.56. The first-order valence-electron chi connectivity index (χ1n) is 37.0. The number of fused-ring (bicyclic) bond motifs is 13. The summed E-state index contributed by atoms with van der Waals surface area (Å²) < 4.78 is 57.2. The van der Waals surface area contributed by atoms with E-state index in [1.807, 2.05) is 0 Å². The highest BCUT2D eigenvalue weighted by molar-refractivity contribution is 6.14. The first-order chi connectivity index (χ1) is 62.9. The monoisotopic (exact) mass is 1870 g/mol. The van der Waals surface area contributed by atoms with Crippen LogP contribution in [0.1, 0.15) is 121 Å². The lowest BCUT2D eigenvalue weighted by Gasteiger charge is -2.43. The summed E-state index contributed by atoms with van der Waals surface area (Å²) in [5.74, 6) is -81.7. The maximum Gasteiger partial charge on any atom is 0.349 e. The van der Waals surface area contributed by atoms with Gasteiger partial charge in [0.1, 0.15) is 13.2 Å². The molecule has 0 unspecified atom stereocenters. The molecule has 134 heavy (non-hydrogen) atoms. The molecule has 9 atom stereocenters. The Kier molecular flexibility index (Phi) is 21.1. The molecule has 0 spiro atoms. The summed E-state index contributed by atoms with van der Waals surface area (Å²) in [7, 11) is 0. The van der Waals surface area contributed by atoms with Crippen LogP contribution in [0.15, 0.2) is 60.7 Å². The van der Waals surface area contributed by atoms with Gasteiger partial charge in [0.25, 0.3) is 0 Å². The Morgan fingerprint density at radius 3 is 0.851 bits per heavy atom. The maximum atomic E-state index is 16.6. The van der Waals surface area contributed by atoms with Gasteiger partial charge in [-0.3, -0.25) is 0 Å². The van der Waals surface area contributed by atoms with Gasteiger partial charge in [-0.2, -0.15) is 0 Å². The maximum absolute atomic E-state index is 16.6. The van der Waals surface area contributed by atoms with Crippen molar-refractivity contribution in [3.05, 3.63) is 127 Å². The molecule has 0 radical (unpaired) electrons. The third-order valence-electron chi connectivity index (χ3n) is 21.7. The Bertz CT molecular complexity index is 7020. The second-order valence-electron chi connectivity index (χ2n) is 29.3. The number of benzene rings is 10. The number of ether oxygens (including phenoxy) is 10. The highest BCUT2D eigenvalue weighted by Gasteiger charge is 2.59. The number of carboxylic acids is 1. The van der Waals surface area contributed by atoms with E-state index in [1.165, 1.54) is 0 Å². The van der Waals surface area contributed by atoms with E-state index in [4.69, 9.17) is 47.4 Å². The second kappa shape index (κ2) is 31.7. The van der Waals surface area contributed by atoms with E-state index in [0.717, 1.165) is 0 Å². The van der Waals surface area contributed by atoms with Crippen molar-refractivity contribution in [1.29, 1.82) is 0 Å². The zero-order chi connectivity index (χ0) is 98.0. The molecule has 10 aromatic rings. The van der Waals surface area contributed by atoms with Gasteiger partial charge in [-0.05, 0) is 60.7 Å².